The van der Waals surface area contributed by atoms with Gasteiger partial charge < -0.3 is 4.98 Å². The molecule has 0 aliphatic carbocycles. The molecule has 3 aromatic heterocycles. The molecule has 0 amide bonds. The molecule has 6 rings (SSSR count). The first kappa shape index (κ1) is 21.7. The van der Waals surface area contributed by atoms with Gasteiger partial charge in [0.15, 0.2) is 0 Å². The van der Waals surface area contributed by atoms with Crippen LogP contribution >= 0.6 is 0 Å². The van der Waals surface area contributed by atoms with Crippen LogP contribution in [-0.2, 0) is 21.1 Å². The topological polar surface area (TPSA) is 38.7 Å². The van der Waals surface area contributed by atoms with E-state index in [0.717, 1.165) is 32.9 Å². The number of pyridine rings is 3. The molecule has 0 N–H and O–H groups in total. The van der Waals surface area contributed by atoms with Crippen LogP contribution in [-0.4, -0.2) is 15.0 Å². The predicted molar refractivity (Wildman–Crippen MR) is 123 cm³/mol. The van der Waals surface area contributed by atoms with E-state index in [9.17, 15) is 4.39 Å². The molecular weight excluding hydrogens is 580 g/mol. The van der Waals surface area contributed by atoms with Crippen LogP contribution in [0.4, 0.5) is 4.39 Å². The molecule has 0 aliphatic rings. The Bertz CT molecular complexity index is 1430. The molecule has 32 heavy (non-hydrogen) atoms. The Balaban J connectivity index is 0.000000157. The van der Waals surface area contributed by atoms with Gasteiger partial charge >= 0.3 is 0 Å². The SMILES string of the molecule is Fc1cc[c-]c(-c2ccccn2)c1.[Pt].c1cnc2c(c1)ccc1ccc3cccnc3c12. The van der Waals surface area contributed by atoms with Gasteiger partial charge in [-0.3, -0.25) is 9.97 Å². The monoisotopic (exact) mass is 597 g/mol. The Labute approximate surface area is 199 Å². The summed E-state index contributed by atoms with van der Waals surface area (Å²) in [5, 5.41) is 4.64. The van der Waals surface area contributed by atoms with Crippen molar-refractivity contribution in [3.63, 3.8) is 0 Å². The Kier molecular flexibility index (Phi) is 6.63. The van der Waals surface area contributed by atoms with Crippen molar-refractivity contribution in [1.29, 1.82) is 0 Å². The second-order valence-corrected chi connectivity index (χ2v) is 7.02. The average Bonchev–Trinajstić information content (AvgIpc) is 2.84. The van der Waals surface area contributed by atoms with Crippen molar-refractivity contribution in [3.8, 4) is 11.3 Å². The van der Waals surface area contributed by atoms with Gasteiger partial charge in [0, 0.05) is 61.6 Å². The molecule has 3 nitrogen and oxygen atoms in total. The summed E-state index contributed by atoms with van der Waals surface area (Å²) < 4.78 is 12.8. The molecule has 3 heterocycles. The third-order valence-corrected chi connectivity index (χ3v) is 5.03. The largest absolute Gasteiger partial charge is 0.305 e. The van der Waals surface area contributed by atoms with E-state index in [-0.39, 0.29) is 26.9 Å². The standard InChI is InChI=1S/C16H10N2.C11H7FN.Pt/c1-3-12-7-5-11-6-8-13-4-2-10-18-16(13)14(11)15(12)17-9-1;12-10-5-3-4-9(8-10)11-6-1-2-7-13-11;/h1-10H;1-3,5-8H;/q;-1;. The van der Waals surface area contributed by atoms with Crippen molar-refractivity contribution in [2.24, 2.45) is 0 Å². The summed E-state index contributed by atoms with van der Waals surface area (Å²) in [5.41, 5.74) is 3.47. The van der Waals surface area contributed by atoms with Gasteiger partial charge in [0.2, 0.25) is 0 Å². The minimum absolute atomic E-state index is 0. The fourth-order valence-corrected chi connectivity index (χ4v) is 3.60. The number of hydrogen-bond acceptors (Lipinski definition) is 3. The summed E-state index contributed by atoms with van der Waals surface area (Å²) in [6.45, 7) is 0. The minimum atomic E-state index is -0.264. The first-order valence-corrected chi connectivity index (χ1v) is 9.89. The second-order valence-electron chi connectivity index (χ2n) is 7.02. The van der Waals surface area contributed by atoms with Crippen molar-refractivity contribution < 1.29 is 25.5 Å². The van der Waals surface area contributed by atoms with E-state index in [1.165, 1.54) is 17.5 Å². The van der Waals surface area contributed by atoms with Crippen LogP contribution in [0.15, 0.2) is 104 Å². The van der Waals surface area contributed by atoms with Crippen LogP contribution in [0.1, 0.15) is 0 Å². The molecule has 0 saturated carbocycles. The van der Waals surface area contributed by atoms with E-state index in [1.54, 1.807) is 12.3 Å². The summed E-state index contributed by atoms with van der Waals surface area (Å²) in [7, 11) is 0. The second kappa shape index (κ2) is 9.76. The smallest absolute Gasteiger partial charge is 0.0802 e. The fourth-order valence-electron chi connectivity index (χ4n) is 3.60. The maximum absolute atomic E-state index is 12.8. The van der Waals surface area contributed by atoms with Gasteiger partial charge in [0.05, 0.1) is 11.0 Å². The third kappa shape index (κ3) is 4.41. The predicted octanol–water partition coefficient (Wildman–Crippen LogP) is 6.62. The maximum atomic E-state index is 12.8. The molecule has 0 atom stereocenters. The molecule has 6 aromatic rings. The van der Waals surface area contributed by atoms with E-state index < -0.39 is 0 Å². The zero-order valence-electron chi connectivity index (χ0n) is 16.9. The molecule has 5 heteroatoms. The Morgan fingerprint density at radius 2 is 1.25 bits per heavy atom. The Morgan fingerprint density at radius 1 is 0.625 bits per heavy atom. The van der Waals surface area contributed by atoms with Crippen LogP contribution in [0.2, 0.25) is 0 Å². The van der Waals surface area contributed by atoms with Gasteiger partial charge in [-0.05, 0) is 29.3 Å². The molecule has 0 bridgehead atoms. The number of fused-ring (bicyclic) bond motifs is 5. The van der Waals surface area contributed by atoms with Crippen molar-refractivity contribution in [2.45, 2.75) is 0 Å². The van der Waals surface area contributed by atoms with Gasteiger partial charge in [0.25, 0.3) is 0 Å². The van der Waals surface area contributed by atoms with E-state index in [1.807, 2.05) is 42.7 Å². The van der Waals surface area contributed by atoms with Gasteiger partial charge in [-0.15, -0.1) is 29.8 Å². The number of nitrogens with zero attached hydrogens (tertiary/aromatic N) is 3. The van der Waals surface area contributed by atoms with Crippen molar-refractivity contribution in [3.05, 3.63) is 115 Å². The summed E-state index contributed by atoms with van der Waals surface area (Å²) in [4.78, 5) is 13.1. The molecule has 3 aromatic carbocycles. The fraction of sp³-hybridized carbons (Fsp3) is 0. The van der Waals surface area contributed by atoms with E-state index in [2.05, 4.69) is 57.4 Å². The van der Waals surface area contributed by atoms with Gasteiger partial charge in [-0.1, -0.05) is 48.5 Å². The maximum Gasteiger partial charge on any atom is 0.0802 e. The average molecular weight is 598 g/mol. The Hall–Kier alpha value is -3.49. The zero-order chi connectivity index (χ0) is 21.0. The van der Waals surface area contributed by atoms with Crippen molar-refractivity contribution >= 4 is 32.6 Å². The first-order chi connectivity index (χ1) is 15.3. The molecular formula is C27H17FN3Pt-. The Morgan fingerprint density at radius 3 is 1.84 bits per heavy atom. The molecule has 0 saturated heterocycles. The summed E-state index contributed by atoms with van der Waals surface area (Å²) in [6, 6.07) is 29.4. The van der Waals surface area contributed by atoms with E-state index in [0.29, 0.717) is 5.56 Å². The molecule has 0 spiro atoms. The summed E-state index contributed by atoms with van der Waals surface area (Å²) in [6.07, 6.45) is 5.35. The van der Waals surface area contributed by atoms with Gasteiger partial charge in [-0.25, -0.2) is 4.39 Å². The van der Waals surface area contributed by atoms with E-state index in [4.69, 9.17) is 0 Å². The molecule has 0 unspecified atom stereocenters. The summed E-state index contributed by atoms with van der Waals surface area (Å²) in [5.74, 6) is -0.264. The van der Waals surface area contributed by atoms with Crippen molar-refractivity contribution in [2.75, 3.05) is 0 Å². The number of benzene rings is 3. The van der Waals surface area contributed by atoms with Gasteiger partial charge in [-0.2, -0.15) is 0 Å². The number of halogens is 1. The van der Waals surface area contributed by atoms with Crippen LogP contribution in [0.5, 0.6) is 0 Å². The van der Waals surface area contributed by atoms with Crippen LogP contribution in [0.25, 0.3) is 43.8 Å². The van der Waals surface area contributed by atoms with E-state index >= 15 is 0 Å². The van der Waals surface area contributed by atoms with Crippen LogP contribution < -0.4 is 0 Å². The third-order valence-electron chi connectivity index (χ3n) is 5.03. The number of aromatic nitrogens is 3. The molecule has 0 radical (unpaired) electrons. The molecule has 0 fully saturated rings. The summed E-state index contributed by atoms with van der Waals surface area (Å²) >= 11 is 0. The quantitative estimate of drug-likeness (QED) is 0.158. The minimum Gasteiger partial charge on any atom is -0.305 e. The van der Waals surface area contributed by atoms with Crippen LogP contribution in [0, 0.1) is 11.9 Å². The molecule has 0 aliphatic heterocycles. The van der Waals surface area contributed by atoms with Crippen molar-refractivity contribution in [1.82, 2.24) is 15.0 Å². The number of hydrogen-bond donors (Lipinski definition) is 0. The normalized spacial score (nSPS) is 10.4. The zero-order valence-corrected chi connectivity index (χ0v) is 19.1. The first-order valence-electron chi connectivity index (χ1n) is 9.89. The van der Waals surface area contributed by atoms with Gasteiger partial charge in [0.1, 0.15) is 0 Å². The van der Waals surface area contributed by atoms with Crippen LogP contribution in [0.3, 0.4) is 0 Å². The molecule has 158 valence electrons. The number of rotatable bonds is 1.